The maximum atomic E-state index is 12.9. The van der Waals surface area contributed by atoms with Gasteiger partial charge in [-0.25, -0.2) is 4.79 Å². The van der Waals surface area contributed by atoms with Crippen LogP contribution in [-0.4, -0.2) is 59.7 Å². The minimum absolute atomic E-state index is 0.267. The van der Waals surface area contributed by atoms with Crippen molar-refractivity contribution in [2.45, 2.75) is 37.6 Å². The van der Waals surface area contributed by atoms with E-state index in [1.807, 2.05) is 0 Å². The molecule has 1 aromatic rings. The number of imide groups is 1. The zero-order chi connectivity index (χ0) is 19.6. The van der Waals surface area contributed by atoms with Crippen LogP contribution in [0.3, 0.4) is 0 Å². The summed E-state index contributed by atoms with van der Waals surface area (Å²) >= 11 is 0. The summed E-state index contributed by atoms with van der Waals surface area (Å²) in [7, 11) is 3.16. The molecule has 1 aliphatic heterocycles. The van der Waals surface area contributed by atoms with E-state index in [1.54, 1.807) is 31.3 Å². The second kappa shape index (κ2) is 7.38. The highest BCUT2D eigenvalue weighted by atomic mass is 16.2. The molecule has 8 nitrogen and oxygen atoms in total. The van der Waals surface area contributed by atoms with Crippen LogP contribution in [0.1, 0.15) is 42.5 Å². The maximum absolute atomic E-state index is 12.9. The fourth-order valence-corrected chi connectivity index (χ4v) is 3.90. The summed E-state index contributed by atoms with van der Waals surface area (Å²) in [5, 5.41) is 5.17. The SMILES string of the molecule is CNC(=O)c1cccc(NC(=O)CN2C(=O)N(C)C3(CCCCC3)C2=O)c1. The summed E-state index contributed by atoms with van der Waals surface area (Å²) in [6.07, 6.45) is 4.13. The first-order chi connectivity index (χ1) is 12.9. The lowest BCUT2D eigenvalue weighted by Gasteiger charge is -2.35. The topological polar surface area (TPSA) is 98.8 Å². The predicted molar refractivity (Wildman–Crippen MR) is 99.1 cm³/mol. The normalized spacial score (nSPS) is 18.7. The summed E-state index contributed by atoms with van der Waals surface area (Å²) in [6.45, 7) is -0.339. The number of nitrogens with one attached hydrogen (secondary N) is 2. The van der Waals surface area contributed by atoms with Crippen molar-refractivity contribution in [1.29, 1.82) is 0 Å². The number of amides is 5. The highest BCUT2D eigenvalue weighted by Gasteiger charge is 2.55. The Labute approximate surface area is 157 Å². The van der Waals surface area contributed by atoms with Gasteiger partial charge in [-0.15, -0.1) is 0 Å². The van der Waals surface area contributed by atoms with Crippen LogP contribution in [0.2, 0.25) is 0 Å². The molecule has 3 rings (SSSR count). The van der Waals surface area contributed by atoms with Gasteiger partial charge in [-0.05, 0) is 31.0 Å². The van der Waals surface area contributed by atoms with Crippen molar-refractivity contribution >= 4 is 29.4 Å². The molecule has 1 aromatic carbocycles. The summed E-state index contributed by atoms with van der Waals surface area (Å²) in [5.74, 6) is -1.03. The van der Waals surface area contributed by atoms with Crippen LogP contribution in [0, 0.1) is 0 Å². The third kappa shape index (κ3) is 3.39. The fourth-order valence-electron chi connectivity index (χ4n) is 3.90. The Morgan fingerprint density at radius 3 is 2.52 bits per heavy atom. The summed E-state index contributed by atoms with van der Waals surface area (Å²) in [4.78, 5) is 52.1. The highest BCUT2D eigenvalue weighted by molar-refractivity contribution is 6.10. The minimum atomic E-state index is -0.797. The Bertz CT molecular complexity index is 786. The Morgan fingerprint density at radius 2 is 1.85 bits per heavy atom. The van der Waals surface area contributed by atoms with Crippen LogP contribution < -0.4 is 10.6 Å². The zero-order valence-corrected chi connectivity index (χ0v) is 15.6. The number of urea groups is 1. The number of benzene rings is 1. The van der Waals surface area contributed by atoms with Gasteiger partial charge < -0.3 is 15.5 Å². The zero-order valence-electron chi connectivity index (χ0n) is 15.6. The molecular formula is C19H24N4O4. The number of hydrogen-bond donors (Lipinski definition) is 2. The Balaban J connectivity index is 1.70. The van der Waals surface area contributed by atoms with Gasteiger partial charge in [-0.1, -0.05) is 25.3 Å². The lowest BCUT2D eigenvalue weighted by molar-refractivity contribution is -0.136. The van der Waals surface area contributed by atoms with E-state index >= 15 is 0 Å². The molecule has 1 aliphatic carbocycles. The maximum Gasteiger partial charge on any atom is 0.327 e. The van der Waals surface area contributed by atoms with E-state index in [1.165, 1.54) is 11.9 Å². The van der Waals surface area contributed by atoms with Gasteiger partial charge in [0.15, 0.2) is 0 Å². The van der Waals surface area contributed by atoms with E-state index in [4.69, 9.17) is 0 Å². The van der Waals surface area contributed by atoms with Crippen LogP contribution in [0.15, 0.2) is 24.3 Å². The smallest absolute Gasteiger partial charge is 0.327 e. The predicted octanol–water partition coefficient (Wildman–Crippen LogP) is 1.58. The molecule has 0 atom stereocenters. The van der Waals surface area contributed by atoms with Crippen molar-refractivity contribution in [2.24, 2.45) is 0 Å². The van der Waals surface area contributed by atoms with Crippen molar-refractivity contribution in [2.75, 3.05) is 26.0 Å². The molecule has 144 valence electrons. The molecule has 5 amide bonds. The van der Waals surface area contributed by atoms with Crippen molar-refractivity contribution in [3.8, 4) is 0 Å². The molecule has 1 saturated carbocycles. The van der Waals surface area contributed by atoms with Gasteiger partial charge in [0, 0.05) is 25.3 Å². The van der Waals surface area contributed by atoms with Crippen LogP contribution in [-0.2, 0) is 9.59 Å². The van der Waals surface area contributed by atoms with E-state index in [0.717, 1.165) is 24.2 Å². The molecule has 0 unspecified atom stereocenters. The van der Waals surface area contributed by atoms with Gasteiger partial charge in [0.05, 0.1) is 0 Å². The van der Waals surface area contributed by atoms with Crippen molar-refractivity contribution < 1.29 is 19.2 Å². The lowest BCUT2D eigenvalue weighted by atomic mass is 9.81. The number of nitrogens with zero attached hydrogens (tertiary/aromatic N) is 2. The standard InChI is InChI=1S/C19H24N4O4/c1-20-16(25)13-7-6-8-14(11-13)21-15(24)12-23-17(26)19(22(2)18(23)27)9-4-3-5-10-19/h6-8,11H,3-5,9-10,12H2,1-2H3,(H,20,25)(H,21,24). The number of carbonyl (C=O) groups is 4. The quantitative estimate of drug-likeness (QED) is 0.784. The lowest BCUT2D eigenvalue weighted by Crippen LogP contribution is -2.49. The molecular weight excluding hydrogens is 348 g/mol. The van der Waals surface area contributed by atoms with Gasteiger partial charge in [0.2, 0.25) is 5.91 Å². The number of likely N-dealkylation sites (N-methyl/N-ethyl adjacent to an activating group) is 1. The number of carbonyl (C=O) groups excluding carboxylic acids is 4. The second-order valence-electron chi connectivity index (χ2n) is 7.03. The third-order valence-electron chi connectivity index (χ3n) is 5.42. The molecule has 0 radical (unpaired) electrons. The number of hydrogen-bond acceptors (Lipinski definition) is 4. The molecule has 2 N–H and O–H groups in total. The van der Waals surface area contributed by atoms with Crippen molar-refractivity contribution in [3.05, 3.63) is 29.8 Å². The molecule has 27 heavy (non-hydrogen) atoms. The van der Waals surface area contributed by atoms with E-state index in [-0.39, 0.29) is 18.4 Å². The Morgan fingerprint density at radius 1 is 1.15 bits per heavy atom. The number of rotatable bonds is 4. The molecule has 8 heteroatoms. The Hall–Kier alpha value is -2.90. The van der Waals surface area contributed by atoms with E-state index in [0.29, 0.717) is 24.1 Å². The Kier molecular flexibility index (Phi) is 5.16. The first-order valence-electron chi connectivity index (χ1n) is 9.11. The molecule has 1 heterocycles. The first kappa shape index (κ1) is 18.9. The summed E-state index contributed by atoms with van der Waals surface area (Å²) < 4.78 is 0. The van der Waals surface area contributed by atoms with Gasteiger partial charge in [-0.2, -0.15) is 0 Å². The molecule has 0 aromatic heterocycles. The van der Waals surface area contributed by atoms with E-state index < -0.39 is 17.5 Å². The molecule has 2 fully saturated rings. The van der Waals surface area contributed by atoms with Gasteiger partial charge in [0.25, 0.3) is 11.8 Å². The average Bonchev–Trinajstić information content (AvgIpc) is 2.84. The third-order valence-corrected chi connectivity index (χ3v) is 5.42. The van der Waals surface area contributed by atoms with Crippen LogP contribution in [0.5, 0.6) is 0 Å². The molecule has 2 aliphatic rings. The molecule has 0 bridgehead atoms. The van der Waals surface area contributed by atoms with E-state index in [9.17, 15) is 19.2 Å². The fraction of sp³-hybridized carbons (Fsp3) is 0.474. The highest BCUT2D eigenvalue weighted by Crippen LogP contribution is 2.39. The average molecular weight is 372 g/mol. The van der Waals surface area contributed by atoms with Crippen LogP contribution in [0.25, 0.3) is 0 Å². The first-order valence-corrected chi connectivity index (χ1v) is 9.11. The largest absolute Gasteiger partial charge is 0.355 e. The van der Waals surface area contributed by atoms with Gasteiger partial charge >= 0.3 is 6.03 Å². The molecule has 1 spiro atoms. The van der Waals surface area contributed by atoms with E-state index in [2.05, 4.69) is 10.6 Å². The monoisotopic (exact) mass is 372 g/mol. The minimum Gasteiger partial charge on any atom is -0.355 e. The number of anilines is 1. The van der Waals surface area contributed by atoms with Crippen molar-refractivity contribution in [3.63, 3.8) is 0 Å². The summed E-state index contributed by atoms with van der Waals surface area (Å²) in [5.41, 5.74) is 0.0415. The van der Waals surface area contributed by atoms with Gasteiger partial charge in [-0.3, -0.25) is 19.3 Å². The van der Waals surface area contributed by atoms with Crippen LogP contribution >= 0.6 is 0 Å². The second-order valence-corrected chi connectivity index (χ2v) is 7.03. The van der Waals surface area contributed by atoms with Gasteiger partial charge in [0.1, 0.15) is 12.1 Å². The van der Waals surface area contributed by atoms with Crippen LogP contribution in [0.4, 0.5) is 10.5 Å². The van der Waals surface area contributed by atoms with Crippen molar-refractivity contribution in [1.82, 2.24) is 15.1 Å². The molecule has 1 saturated heterocycles. The summed E-state index contributed by atoms with van der Waals surface area (Å²) in [6, 6.07) is 6.03.